The van der Waals surface area contributed by atoms with Crippen molar-refractivity contribution in [2.24, 2.45) is 5.92 Å². The molecule has 4 aromatic carbocycles. The van der Waals surface area contributed by atoms with Crippen molar-refractivity contribution in [1.29, 1.82) is 0 Å². The highest BCUT2D eigenvalue weighted by molar-refractivity contribution is 6.38. The molecule has 7 heteroatoms. The summed E-state index contributed by atoms with van der Waals surface area (Å²) in [6.07, 6.45) is 3.15. The average Bonchev–Trinajstić information content (AvgIpc) is 3.92. The molecule has 7 nitrogen and oxygen atoms in total. The molecule has 2 aliphatic rings. The highest BCUT2D eigenvalue weighted by atomic mass is 16.2. The van der Waals surface area contributed by atoms with E-state index in [1.807, 2.05) is 97.1 Å². The van der Waals surface area contributed by atoms with Crippen LogP contribution in [0.5, 0.6) is 0 Å². The third-order valence-electron chi connectivity index (χ3n) is 9.71. The van der Waals surface area contributed by atoms with E-state index in [9.17, 15) is 24.0 Å². The van der Waals surface area contributed by atoms with Gasteiger partial charge in [-0.25, -0.2) is 0 Å². The zero-order valence-corrected chi connectivity index (χ0v) is 27.7. The molecule has 0 radical (unpaired) electrons. The van der Waals surface area contributed by atoms with Crippen molar-refractivity contribution in [1.82, 2.24) is 10.6 Å². The van der Waals surface area contributed by atoms with Gasteiger partial charge < -0.3 is 10.6 Å². The summed E-state index contributed by atoms with van der Waals surface area (Å²) in [5.41, 5.74) is 4.92. The first-order valence-electron chi connectivity index (χ1n) is 17.3. The summed E-state index contributed by atoms with van der Waals surface area (Å²) in [7, 11) is 0. The maximum absolute atomic E-state index is 14.2. The SMILES string of the molecule is O=C1CCc2cccc(c2)-c2cccc(c2)CC[C@@H](C(=O)C[C@@H](Cc2ccccc2)C(=O)C(=O)CCc2ccccc2)NC(=O)C2(CC2)N1. The van der Waals surface area contributed by atoms with Gasteiger partial charge in [0.1, 0.15) is 5.54 Å². The molecule has 0 unspecified atom stereocenters. The van der Waals surface area contributed by atoms with Gasteiger partial charge in [0.25, 0.3) is 0 Å². The van der Waals surface area contributed by atoms with Crippen LogP contribution in [-0.2, 0) is 49.7 Å². The van der Waals surface area contributed by atoms with Gasteiger partial charge in [-0.1, -0.05) is 109 Å². The van der Waals surface area contributed by atoms with Crippen molar-refractivity contribution in [2.45, 2.75) is 75.8 Å². The van der Waals surface area contributed by atoms with Gasteiger partial charge in [-0.15, -0.1) is 0 Å². The van der Waals surface area contributed by atoms with Gasteiger partial charge in [-0.2, -0.15) is 0 Å². The number of rotatable bonds is 10. The largest absolute Gasteiger partial charge is 0.344 e. The lowest BCUT2D eigenvalue weighted by Crippen LogP contribution is -2.53. The van der Waals surface area contributed by atoms with Crippen LogP contribution in [0.15, 0.2) is 109 Å². The summed E-state index contributed by atoms with van der Waals surface area (Å²) in [5.74, 6) is -2.82. The van der Waals surface area contributed by atoms with E-state index in [2.05, 4.69) is 22.8 Å². The lowest BCUT2D eigenvalue weighted by atomic mass is 9.85. The molecule has 1 aliphatic heterocycles. The molecular formula is C42H42N2O5. The third-order valence-corrected chi connectivity index (χ3v) is 9.71. The van der Waals surface area contributed by atoms with Crippen molar-refractivity contribution in [3.05, 3.63) is 131 Å². The molecule has 2 atom stereocenters. The zero-order valence-electron chi connectivity index (χ0n) is 27.7. The number of benzene rings is 4. The number of Topliss-reactive ketones (excluding diaryl/α,β-unsaturated/α-hetero) is 3. The second kappa shape index (κ2) is 15.4. The molecule has 49 heavy (non-hydrogen) atoms. The minimum absolute atomic E-state index is 0.0595. The van der Waals surface area contributed by atoms with E-state index in [0.717, 1.165) is 33.4 Å². The number of aryl methyl sites for hydroxylation is 3. The highest BCUT2D eigenvalue weighted by Crippen LogP contribution is 2.36. The smallest absolute Gasteiger partial charge is 0.246 e. The first-order valence-corrected chi connectivity index (χ1v) is 17.3. The number of carbonyl (C=O) groups is 5. The van der Waals surface area contributed by atoms with Crippen LogP contribution >= 0.6 is 0 Å². The van der Waals surface area contributed by atoms with Gasteiger partial charge >= 0.3 is 0 Å². The number of hydrogen-bond donors (Lipinski definition) is 2. The minimum atomic E-state index is -1.04. The van der Waals surface area contributed by atoms with Crippen LogP contribution in [0.1, 0.15) is 60.8 Å². The van der Waals surface area contributed by atoms with Crippen molar-refractivity contribution in [3.63, 3.8) is 0 Å². The van der Waals surface area contributed by atoms with Gasteiger partial charge in [0.2, 0.25) is 17.6 Å². The van der Waals surface area contributed by atoms with Crippen LogP contribution in [0.2, 0.25) is 0 Å². The first-order chi connectivity index (χ1) is 23.8. The van der Waals surface area contributed by atoms with Crippen LogP contribution in [-0.4, -0.2) is 40.7 Å². The van der Waals surface area contributed by atoms with Crippen LogP contribution in [0.4, 0.5) is 0 Å². The molecule has 250 valence electrons. The Hall–Kier alpha value is -5.17. The van der Waals surface area contributed by atoms with E-state index in [0.29, 0.717) is 38.5 Å². The van der Waals surface area contributed by atoms with Gasteiger partial charge in [-0.3, -0.25) is 24.0 Å². The summed E-state index contributed by atoms with van der Waals surface area (Å²) in [4.78, 5) is 67.8. The Kier molecular flexibility index (Phi) is 10.6. The summed E-state index contributed by atoms with van der Waals surface area (Å²) in [6.45, 7) is 0. The molecule has 2 N–H and O–H groups in total. The first kappa shape index (κ1) is 33.7. The number of nitrogens with one attached hydrogen (secondary N) is 2. The van der Waals surface area contributed by atoms with Crippen molar-refractivity contribution < 1.29 is 24.0 Å². The van der Waals surface area contributed by atoms with Crippen LogP contribution < -0.4 is 10.6 Å². The van der Waals surface area contributed by atoms with E-state index in [-0.39, 0.29) is 43.3 Å². The molecule has 0 aromatic heterocycles. The van der Waals surface area contributed by atoms with E-state index in [4.69, 9.17) is 0 Å². The molecule has 4 aromatic rings. The van der Waals surface area contributed by atoms with Crippen LogP contribution in [0.3, 0.4) is 0 Å². The number of hydrogen-bond acceptors (Lipinski definition) is 5. The molecule has 1 saturated carbocycles. The van der Waals surface area contributed by atoms with E-state index < -0.39 is 29.1 Å². The standard InChI is InChI=1S/C42H42N2O5/c45-37(21-18-29-9-3-1-4-10-29)40(48)35(27-30-11-5-2-6-12-30)28-38(46)36-20-17-31-13-7-15-33(25-31)34-16-8-14-32(26-34)19-22-39(47)44-42(23-24-42)41(49)43-36/h1-16,25-26,35-36H,17-24,27-28H2,(H,43,49)(H,44,47)/t35-,36+/m1/s1. The summed E-state index contributed by atoms with van der Waals surface area (Å²) in [5, 5.41) is 5.92. The number of amides is 2. The fourth-order valence-corrected chi connectivity index (χ4v) is 6.65. The Balaban J connectivity index is 1.24. The highest BCUT2D eigenvalue weighted by Gasteiger charge is 2.51. The Morgan fingerprint density at radius 3 is 1.96 bits per heavy atom. The molecule has 1 heterocycles. The summed E-state index contributed by atoms with van der Waals surface area (Å²) in [6, 6.07) is 34.3. The van der Waals surface area contributed by atoms with Crippen molar-refractivity contribution in [3.8, 4) is 11.1 Å². The van der Waals surface area contributed by atoms with Gasteiger partial charge in [0, 0.05) is 25.2 Å². The molecular weight excluding hydrogens is 612 g/mol. The lowest BCUT2D eigenvalue weighted by Gasteiger charge is -2.24. The molecule has 1 aliphatic carbocycles. The number of fused-ring (bicyclic) bond motifs is 5. The maximum atomic E-state index is 14.2. The Morgan fingerprint density at radius 1 is 0.714 bits per heavy atom. The Labute approximate surface area is 287 Å². The molecule has 1 spiro atoms. The lowest BCUT2D eigenvalue weighted by molar-refractivity contribution is -0.140. The predicted octanol–water partition coefficient (Wildman–Crippen LogP) is 5.96. The zero-order chi connectivity index (χ0) is 34.2. The van der Waals surface area contributed by atoms with Crippen molar-refractivity contribution >= 4 is 29.2 Å². The summed E-state index contributed by atoms with van der Waals surface area (Å²) < 4.78 is 0. The Morgan fingerprint density at radius 2 is 1.33 bits per heavy atom. The topological polar surface area (TPSA) is 109 Å². The Bertz CT molecular complexity index is 1830. The predicted molar refractivity (Wildman–Crippen MR) is 189 cm³/mol. The number of carbonyl (C=O) groups excluding carboxylic acids is 5. The van der Waals surface area contributed by atoms with Gasteiger partial charge in [-0.05, 0) is 78.3 Å². The van der Waals surface area contributed by atoms with Gasteiger partial charge in [0.15, 0.2) is 11.6 Å². The quantitative estimate of drug-likeness (QED) is 0.205. The molecule has 2 amide bonds. The fourth-order valence-electron chi connectivity index (χ4n) is 6.65. The van der Waals surface area contributed by atoms with Crippen LogP contribution in [0.25, 0.3) is 11.1 Å². The number of ketones is 3. The molecule has 4 bridgehead atoms. The summed E-state index contributed by atoms with van der Waals surface area (Å²) >= 11 is 0. The fraction of sp³-hybridized carbons (Fsp3) is 0.310. The monoisotopic (exact) mass is 654 g/mol. The third kappa shape index (κ3) is 8.85. The molecule has 1 fully saturated rings. The minimum Gasteiger partial charge on any atom is -0.344 e. The second-order valence-corrected chi connectivity index (χ2v) is 13.4. The maximum Gasteiger partial charge on any atom is 0.246 e. The molecule has 0 saturated heterocycles. The van der Waals surface area contributed by atoms with E-state index >= 15 is 0 Å². The van der Waals surface area contributed by atoms with Crippen LogP contribution in [0, 0.1) is 5.92 Å². The van der Waals surface area contributed by atoms with Crippen molar-refractivity contribution in [2.75, 3.05) is 0 Å². The molecule has 6 rings (SSSR count). The normalized spacial score (nSPS) is 17.8. The second-order valence-electron chi connectivity index (χ2n) is 13.4. The average molecular weight is 655 g/mol. The van der Waals surface area contributed by atoms with E-state index in [1.165, 1.54) is 0 Å². The van der Waals surface area contributed by atoms with Gasteiger partial charge in [0.05, 0.1) is 6.04 Å². The van der Waals surface area contributed by atoms with E-state index in [1.54, 1.807) is 0 Å².